The molecule has 0 saturated carbocycles. The van der Waals surface area contributed by atoms with Gasteiger partial charge in [-0.05, 0) is 30.7 Å². The van der Waals surface area contributed by atoms with Gasteiger partial charge in [-0.2, -0.15) is 13.2 Å². The van der Waals surface area contributed by atoms with Gasteiger partial charge in [-0.15, -0.1) is 0 Å². The zero-order chi connectivity index (χ0) is 18.6. The fourth-order valence-corrected chi connectivity index (χ4v) is 2.38. The zero-order valence-electron chi connectivity index (χ0n) is 13.5. The topological polar surface area (TPSA) is 90.4 Å². The van der Waals surface area contributed by atoms with E-state index in [1.54, 1.807) is 12.9 Å². The van der Waals surface area contributed by atoms with E-state index < -0.39 is 17.8 Å². The molecule has 1 aromatic carbocycles. The molecule has 0 aromatic heterocycles. The Morgan fingerprint density at radius 3 is 2.40 bits per heavy atom. The average Bonchev–Trinajstić information content (AvgIpc) is 2.57. The van der Waals surface area contributed by atoms with Gasteiger partial charge < -0.3 is 21.5 Å². The van der Waals surface area contributed by atoms with Crippen molar-refractivity contribution in [2.75, 3.05) is 6.61 Å². The standard InChI is InChI=1S/C17H18F3N3O2/c1-2-25-13-7-11(9-24)16(15(22)14(13)21)23-8-10-3-5-12(6-4-10)17(18,19)20/h3-7,16,23H,2,8,21-22H2,1H3. The van der Waals surface area contributed by atoms with Crippen LogP contribution < -0.4 is 16.8 Å². The van der Waals surface area contributed by atoms with Crippen LogP contribution in [0.15, 0.2) is 53.1 Å². The van der Waals surface area contributed by atoms with Crippen LogP contribution in [0.25, 0.3) is 0 Å². The molecule has 1 aromatic rings. The number of hydrogen-bond donors (Lipinski definition) is 3. The van der Waals surface area contributed by atoms with Crippen molar-refractivity contribution in [1.29, 1.82) is 0 Å². The smallest absolute Gasteiger partial charge is 0.416 e. The highest BCUT2D eigenvalue weighted by molar-refractivity contribution is 5.65. The van der Waals surface area contributed by atoms with Crippen LogP contribution >= 0.6 is 0 Å². The minimum Gasteiger partial charge on any atom is -0.492 e. The highest BCUT2D eigenvalue weighted by Gasteiger charge is 2.30. The summed E-state index contributed by atoms with van der Waals surface area (Å²) >= 11 is 0. The first-order valence-corrected chi connectivity index (χ1v) is 7.52. The van der Waals surface area contributed by atoms with Crippen LogP contribution in [0.3, 0.4) is 0 Å². The summed E-state index contributed by atoms with van der Waals surface area (Å²) < 4.78 is 43.0. The number of hydrogen-bond acceptors (Lipinski definition) is 5. The molecule has 8 heteroatoms. The second-order valence-corrected chi connectivity index (χ2v) is 5.38. The molecule has 0 amide bonds. The summed E-state index contributed by atoms with van der Waals surface area (Å²) in [4.78, 5) is 11.2. The lowest BCUT2D eigenvalue weighted by atomic mass is 9.96. The summed E-state index contributed by atoms with van der Waals surface area (Å²) in [7, 11) is 0. The van der Waals surface area contributed by atoms with Gasteiger partial charge in [0.2, 0.25) is 0 Å². The van der Waals surface area contributed by atoms with Crippen molar-refractivity contribution in [2.24, 2.45) is 11.5 Å². The number of carbonyl (C=O) groups excluding carboxylic acids is 1. The maximum atomic E-state index is 12.6. The van der Waals surface area contributed by atoms with Crippen LogP contribution in [0, 0.1) is 0 Å². The number of halogens is 3. The van der Waals surface area contributed by atoms with E-state index in [1.165, 1.54) is 18.2 Å². The normalized spacial score (nSPS) is 18.0. The highest BCUT2D eigenvalue weighted by atomic mass is 19.4. The summed E-state index contributed by atoms with van der Waals surface area (Å²) in [6.45, 7) is 2.32. The third-order valence-electron chi connectivity index (χ3n) is 3.69. The monoisotopic (exact) mass is 353 g/mol. The van der Waals surface area contributed by atoms with E-state index in [0.29, 0.717) is 17.9 Å². The van der Waals surface area contributed by atoms with Crippen molar-refractivity contribution >= 4 is 5.94 Å². The molecule has 0 radical (unpaired) electrons. The average molecular weight is 353 g/mol. The third kappa shape index (κ3) is 4.23. The van der Waals surface area contributed by atoms with Crippen LogP contribution in [0.5, 0.6) is 0 Å². The second-order valence-electron chi connectivity index (χ2n) is 5.38. The van der Waals surface area contributed by atoms with Crippen LogP contribution in [0.4, 0.5) is 13.2 Å². The first-order chi connectivity index (χ1) is 11.8. The molecule has 25 heavy (non-hydrogen) atoms. The highest BCUT2D eigenvalue weighted by Crippen LogP contribution is 2.29. The van der Waals surface area contributed by atoms with Gasteiger partial charge in [0.05, 0.1) is 35.2 Å². The molecule has 5 N–H and O–H groups in total. The van der Waals surface area contributed by atoms with E-state index in [9.17, 15) is 18.0 Å². The van der Waals surface area contributed by atoms with Crippen molar-refractivity contribution < 1.29 is 22.7 Å². The maximum Gasteiger partial charge on any atom is 0.416 e. The van der Waals surface area contributed by atoms with Crippen LogP contribution in [-0.2, 0) is 22.3 Å². The van der Waals surface area contributed by atoms with Gasteiger partial charge in [0, 0.05) is 6.54 Å². The van der Waals surface area contributed by atoms with E-state index in [1.807, 2.05) is 0 Å². The molecule has 0 saturated heterocycles. The fourth-order valence-electron chi connectivity index (χ4n) is 2.38. The van der Waals surface area contributed by atoms with Gasteiger partial charge in [-0.3, -0.25) is 0 Å². The number of nitrogens with two attached hydrogens (primary N) is 2. The molecule has 134 valence electrons. The Bertz CT molecular complexity index is 745. The van der Waals surface area contributed by atoms with Crippen molar-refractivity contribution in [2.45, 2.75) is 25.7 Å². The lowest BCUT2D eigenvalue weighted by Gasteiger charge is -2.25. The number of rotatable bonds is 5. The quantitative estimate of drug-likeness (QED) is 0.705. The van der Waals surface area contributed by atoms with Crippen LogP contribution in [-0.4, -0.2) is 18.6 Å². The van der Waals surface area contributed by atoms with E-state index in [2.05, 4.69) is 5.32 Å². The number of benzene rings is 1. The first kappa shape index (κ1) is 18.6. The molecule has 1 aliphatic carbocycles. The predicted octanol–water partition coefficient (Wildman–Crippen LogP) is 1.98. The van der Waals surface area contributed by atoms with E-state index in [4.69, 9.17) is 16.2 Å². The fraction of sp³-hybridized carbons (Fsp3) is 0.294. The van der Waals surface area contributed by atoms with Gasteiger partial charge in [-0.1, -0.05) is 12.1 Å². The van der Waals surface area contributed by atoms with Crippen LogP contribution in [0.1, 0.15) is 18.1 Å². The number of nitrogens with one attached hydrogen (secondary N) is 1. The molecule has 0 fully saturated rings. The Kier molecular flexibility index (Phi) is 5.56. The van der Waals surface area contributed by atoms with Crippen LogP contribution in [0.2, 0.25) is 0 Å². The molecule has 0 spiro atoms. The van der Waals surface area contributed by atoms with Crippen molar-refractivity contribution in [3.05, 3.63) is 64.2 Å². The summed E-state index contributed by atoms with van der Waals surface area (Å²) in [6.07, 6.45) is -2.93. The third-order valence-corrected chi connectivity index (χ3v) is 3.69. The van der Waals surface area contributed by atoms with E-state index >= 15 is 0 Å². The Hall–Kier alpha value is -2.70. The number of alkyl halides is 3. The van der Waals surface area contributed by atoms with Gasteiger partial charge >= 0.3 is 6.18 Å². The largest absolute Gasteiger partial charge is 0.492 e. The first-order valence-electron chi connectivity index (χ1n) is 7.52. The lowest BCUT2D eigenvalue weighted by Crippen LogP contribution is -2.40. The molecular weight excluding hydrogens is 335 g/mol. The Morgan fingerprint density at radius 1 is 1.24 bits per heavy atom. The van der Waals surface area contributed by atoms with Crippen molar-refractivity contribution in [1.82, 2.24) is 5.32 Å². The Balaban J connectivity index is 2.13. The molecule has 5 nitrogen and oxygen atoms in total. The lowest BCUT2D eigenvalue weighted by molar-refractivity contribution is -0.137. The molecule has 0 bridgehead atoms. The molecule has 1 atom stereocenters. The Morgan fingerprint density at radius 2 is 1.88 bits per heavy atom. The van der Waals surface area contributed by atoms with Gasteiger partial charge in [0.1, 0.15) is 11.7 Å². The Labute approximate surface area is 142 Å². The molecule has 0 heterocycles. The van der Waals surface area contributed by atoms with Gasteiger partial charge in [0.25, 0.3) is 0 Å². The van der Waals surface area contributed by atoms with Gasteiger partial charge in [-0.25, -0.2) is 4.79 Å². The van der Waals surface area contributed by atoms with Crippen molar-refractivity contribution in [3.8, 4) is 0 Å². The number of ether oxygens (including phenoxy) is 1. The molecule has 1 aliphatic rings. The predicted molar refractivity (Wildman–Crippen MR) is 86.4 cm³/mol. The van der Waals surface area contributed by atoms with E-state index in [0.717, 1.165) is 12.1 Å². The maximum absolute atomic E-state index is 12.6. The molecule has 2 rings (SSSR count). The summed E-state index contributed by atoms with van der Waals surface area (Å²) in [5.74, 6) is 2.09. The molecular formula is C17H18F3N3O2. The summed E-state index contributed by atoms with van der Waals surface area (Å²) in [5.41, 5.74) is 12.4. The zero-order valence-corrected chi connectivity index (χ0v) is 13.5. The molecule has 0 aliphatic heterocycles. The van der Waals surface area contributed by atoms with Crippen molar-refractivity contribution in [3.63, 3.8) is 0 Å². The van der Waals surface area contributed by atoms with Gasteiger partial charge in [0.15, 0.2) is 0 Å². The second kappa shape index (κ2) is 7.46. The summed E-state index contributed by atoms with van der Waals surface area (Å²) in [6, 6.07) is 4.01. The minimum atomic E-state index is -4.38. The minimum absolute atomic E-state index is 0.194. The SMILES string of the molecule is CCOC1=CC(=C=O)C(NCc2ccc(C(F)(F)F)cc2)C(N)=C1N. The van der Waals surface area contributed by atoms with E-state index in [-0.39, 0.29) is 23.5 Å². The summed E-state index contributed by atoms with van der Waals surface area (Å²) in [5, 5.41) is 3.00. The molecule has 1 unspecified atom stereocenters.